The van der Waals surface area contributed by atoms with Crippen LogP contribution in [0.25, 0.3) is 0 Å². The van der Waals surface area contributed by atoms with Crippen molar-refractivity contribution in [3.05, 3.63) is 83.9 Å². The van der Waals surface area contributed by atoms with Crippen molar-refractivity contribution < 1.29 is 22.7 Å². The standard InChI is InChI=1S/C25H28N2O5S/c1-19-5-15-24(16-6-19)33(29,30)27(3)21-9-7-20(8-10-21)25(28)26(2)17-18-32-23-13-11-22(31-4)12-14-23/h5-16H,17-18H2,1-4H3. The summed E-state index contributed by atoms with van der Waals surface area (Å²) in [4.78, 5) is 14.5. The topological polar surface area (TPSA) is 76.2 Å². The SMILES string of the molecule is COc1ccc(OCCN(C)C(=O)c2ccc(N(C)S(=O)(=O)c3ccc(C)cc3)cc2)cc1. The van der Waals surface area contributed by atoms with Gasteiger partial charge in [0.2, 0.25) is 0 Å². The molecule has 0 spiro atoms. The number of amides is 1. The summed E-state index contributed by atoms with van der Waals surface area (Å²) < 4.78 is 37.7. The molecule has 0 N–H and O–H groups in total. The number of likely N-dealkylation sites (N-methyl/N-ethyl adjacent to an activating group) is 1. The summed E-state index contributed by atoms with van der Waals surface area (Å²) in [5.74, 6) is 1.26. The molecule has 3 aromatic rings. The van der Waals surface area contributed by atoms with Crippen molar-refractivity contribution >= 4 is 21.6 Å². The number of hydrogen-bond acceptors (Lipinski definition) is 5. The molecular weight excluding hydrogens is 440 g/mol. The summed E-state index contributed by atoms with van der Waals surface area (Å²) in [7, 11) is 1.10. The summed E-state index contributed by atoms with van der Waals surface area (Å²) in [5.41, 5.74) is 1.92. The molecule has 8 heteroatoms. The van der Waals surface area contributed by atoms with Crippen LogP contribution in [-0.2, 0) is 10.0 Å². The van der Waals surface area contributed by atoms with E-state index in [1.165, 1.54) is 11.4 Å². The molecule has 0 saturated carbocycles. The Morgan fingerprint density at radius 2 is 1.42 bits per heavy atom. The third-order valence-electron chi connectivity index (χ3n) is 5.26. The van der Waals surface area contributed by atoms with Crippen molar-refractivity contribution in [2.75, 3.05) is 38.7 Å². The predicted octanol–water partition coefficient (Wildman–Crippen LogP) is 3.98. The van der Waals surface area contributed by atoms with E-state index in [0.29, 0.717) is 30.2 Å². The Balaban J connectivity index is 1.59. The second kappa shape index (κ2) is 10.4. The van der Waals surface area contributed by atoms with E-state index in [9.17, 15) is 13.2 Å². The Bertz CT molecular complexity index is 1170. The lowest BCUT2D eigenvalue weighted by Crippen LogP contribution is -2.31. The molecule has 174 valence electrons. The van der Waals surface area contributed by atoms with Gasteiger partial charge in [0.1, 0.15) is 18.1 Å². The zero-order valence-corrected chi connectivity index (χ0v) is 20.0. The summed E-state index contributed by atoms with van der Waals surface area (Å²) in [6.45, 7) is 2.64. The van der Waals surface area contributed by atoms with Crippen molar-refractivity contribution in [3.8, 4) is 11.5 Å². The van der Waals surface area contributed by atoms with Gasteiger partial charge < -0.3 is 14.4 Å². The highest BCUT2D eigenvalue weighted by Gasteiger charge is 2.21. The van der Waals surface area contributed by atoms with E-state index in [2.05, 4.69) is 0 Å². The molecule has 0 bridgehead atoms. The van der Waals surface area contributed by atoms with Gasteiger partial charge in [-0.3, -0.25) is 9.10 Å². The quantitative estimate of drug-likeness (QED) is 0.475. The number of anilines is 1. The van der Waals surface area contributed by atoms with Gasteiger partial charge in [-0.05, 0) is 67.6 Å². The Morgan fingerprint density at radius 1 is 0.848 bits per heavy atom. The third kappa shape index (κ3) is 5.84. The average Bonchev–Trinajstić information content (AvgIpc) is 2.83. The minimum atomic E-state index is -3.69. The predicted molar refractivity (Wildman–Crippen MR) is 129 cm³/mol. The first-order chi connectivity index (χ1) is 15.7. The number of ether oxygens (including phenoxy) is 2. The second-order valence-corrected chi connectivity index (χ2v) is 9.55. The highest BCUT2D eigenvalue weighted by Crippen LogP contribution is 2.23. The van der Waals surface area contributed by atoms with E-state index >= 15 is 0 Å². The summed E-state index contributed by atoms with van der Waals surface area (Å²) >= 11 is 0. The maximum Gasteiger partial charge on any atom is 0.264 e. The number of nitrogens with zero attached hydrogens (tertiary/aromatic N) is 2. The van der Waals surface area contributed by atoms with Gasteiger partial charge in [-0.15, -0.1) is 0 Å². The van der Waals surface area contributed by atoms with Crippen molar-refractivity contribution in [1.82, 2.24) is 4.90 Å². The highest BCUT2D eigenvalue weighted by molar-refractivity contribution is 7.92. The number of rotatable bonds is 9. The molecular formula is C25H28N2O5S. The normalized spacial score (nSPS) is 11.0. The van der Waals surface area contributed by atoms with E-state index in [0.717, 1.165) is 11.3 Å². The Hall–Kier alpha value is -3.52. The van der Waals surface area contributed by atoms with Crippen molar-refractivity contribution in [2.45, 2.75) is 11.8 Å². The van der Waals surface area contributed by atoms with E-state index in [4.69, 9.17) is 9.47 Å². The van der Waals surface area contributed by atoms with Gasteiger partial charge in [0.15, 0.2) is 0 Å². The molecule has 3 aromatic carbocycles. The van der Waals surface area contributed by atoms with Gasteiger partial charge in [0.25, 0.3) is 15.9 Å². The lowest BCUT2D eigenvalue weighted by Gasteiger charge is -2.21. The Morgan fingerprint density at radius 3 is 2.00 bits per heavy atom. The number of hydrogen-bond donors (Lipinski definition) is 0. The Kier molecular flexibility index (Phi) is 7.60. The molecule has 0 atom stereocenters. The lowest BCUT2D eigenvalue weighted by atomic mass is 10.2. The largest absolute Gasteiger partial charge is 0.497 e. The maximum atomic E-state index is 12.9. The Labute approximate surface area is 195 Å². The van der Waals surface area contributed by atoms with Crippen LogP contribution in [0.2, 0.25) is 0 Å². The van der Waals surface area contributed by atoms with Crippen molar-refractivity contribution in [3.63, 3.8) is 0 Å². The minimum absolute atomic E-state index is 0.177. The number of methoxy groups -OCH3 is 1. The van der Waals surface area contributed by atoms with Gasteiger partial charge in [-0.1, -0.05) is 17.7 Å². The average molecular weight is 469 g/mol. The van der Waals surface area contributed by atoms with Crippen LogP contribution in [-0.4, -0.2) is 53.6 Å². The van der Waals surface area contributed by atoms with Crippen LogP contribution in [0.1, 0.15) is 15.9 Å². The molecule has 1 amide bonds. The van der Waals surface area contributed by atoms with Crippen LogP contribution in [0.3, 0.4) is 0 Å². The monoisotopic (exact) mass is 468 g/mol. The van der Waals surface area contributed by atoms with E-state index in [-0.39, 0.29) is 10.8 Å². The van der Waals surface area contributed by atoms with Crippen LogP contribution in [0.5, 0.6) is 11.5 Å². The van der Waals surface area contributed by atoms with Gasteiger partial charge >= 0.3 is 0 Å². The van der Waals surface area contributed by atoms with E-state index in [1.807, 2.05) is 19.1 Å². The van der Waals surface area contributed by atoms with Gasteiger partial charge in [0.05, 0.1) is 24.2 Å². The van der Waals surface area contributed by atoms with Crippen molar-refractivity contribution in [2.24, 2.45) is 0 Å². The molecule has 0 heterocycles. The first-order valence-corrected chi connectivity index (χ1v) is 11.8. The van der Waals surface area contributed by atoms with E-state index in [1.54, 1.807) is 79.7 Å². The van der Waals surface area contributed by atoms with Gasteiger partial charge in [-0.25, -0.2) is 8.42 Å². The fourth-order valence-electron chi connectivity index (χ4n) is 3.12. The zero-order valence-electron chi connectivity index (χ0n) is 19.2. The molecule has 0 saturated heterocycles. The molecule has 0 unspecified atom stereocenters. The van der Waals surface area contributed by atoms with Gasteiger partial charge in [0, 0.05) is 19.7 Å². The summed E-state index contributed by atoms with van der Waals surface area (Å²) in [6.07, 6.45) is 0. The molecule has 0 aliphatic carbocycles. The smallest absolute Gasteiger partial charge is 0.264 e. The number of benzene rings is 3. The minimum Gasteiger partial charge on any atom is -0.497 e. The van der Waals surface area contributed by atoms with E-state index < -0.39 is 10.0 Å². The maximum absolute atomic E-state index is 12.9. The molecule has 0 fully saturated rings. The molecule has 0 aliphatic heterocycles. The fourth-order valence-corrected chi connectivity index (χ4v) is 4.31. The van der Waals surface area contributed by atoms with Gasteiger partial charge in [-0.2, -0.15) is 0 Å². The molecule has 0 aromatic heterocycles. The van der Waals surface area contributed by atoms with Crippen LogP contribution in [0.15, 0.2) is 77.7 Å². The summed E-state index contributed by atoms with van der Waals surface area (Å²) in [5, 5.41) is 0. The van der Waals surface area contributed by atoms with Crippen LogP contribution in [0.4, 0.5) is 5.69 Å². The number of sulfonamides is 1. The molecule has 33 heavy (non-hydrogen) atoms. The van der Waals surface area contributed by atoms with Crippen LogP contribution >= 0.6 is 0 Å². The van der Waals surface area contributed by atoms with Crippen molar-refractivity contribution in [1.29, 1.82) is 0 Å². The summed E-state index contributed by atoms with van der Waals surface area (Å²) in [6, 6.07) is 20.4. The first-order valence-electron chi connectivity index (χ1n) is 10.4. The number of carbonyl (C=O) groups is 1. The number of carbonyl (C=O) groups excluding carboxylic acids is 1. The van der Waals surface area contributed by atoms with Crippen LogP contribution in [0, 0.1) is 6.92 Å². The highest BCUT2D eigenvalue weighted by atomic mass is 32.2. The zero-order chi connectivity index (χ0) is 24.0. The fraction of sp³-hybridized carbons (Fsp3) is 0.240. The molecule has 0 radical (unpaired) electrons. The molecule has 3 rings (SSSR count). The number of aryl methyl sites for hydroxylation is 1. The second-order valence-electron chi connectivity index (χ2n) is 7.58. The first kappa shape index (κ1) is 24.1. The third-order valence-corrected chi connectivity index (χ3v) is 7.06. The molecule has 0 aliphatic rings. The van der Waals surface area contributed by atoms with Crippen LogP contribution < -0.4 is 13.8 Å². The lowest BCUT2D eigenvalue weighted by molar-refractivity contribution is 0.0774. The molecule has 7 nitrogen and oxygen atoms in total.